The van der Waals surface area contributed by atoms with Gasteiger partial charge in [-0.3, -0.25) is 19.3 Å². The maximum absolute atomic E-state index is 14.5. The quantitative estimate of drug-likeness (QED) is 0.124. The van der Waals surface area contributed by atoms with E-state index in [0.717, 1.165) is 6.54 Å². The van der Waals surface area contributed by atoms with Crippen molar-refractivity contribution in [1.82, 2.24) is 4.90 Å². The third kappa shape index (κ3) is 8.95. The van der Waals surface area contributed by atoms with E-state index in [1.54, 1.807) is 46.8 Å². The lowest BCUT2D eigenvalue weighted by molar-refractivity contribution is -0.160. The van der Waals surface area contributed by atoms with Crippen LogP contribution in [0.15, 0.2) is 36.1 Å². The van der Waals surface area contributed by atoms with E-state index in [9.17, 15) is 39.9 Å². The van der Waals surface area contributed by atoms with E-state index in [-0.39, 0.29) is 44.6 Å². The maximum atomic E-state index is 14.5. The number of benzene rings is 2. The number of amides is 1. The number of ketones is 1. The van der Waals surface area contributed by atoms with Crippen LogP contribution in [0.3, 0.4) is 0 Å². The number of aromatic hydroxyl groups is 3. The molecule has 15 nitrogen and oxygen atoms in total. The van der Waals surface area contributed by atoms with Crippen LogP contribution in [0.1, 0.15) is 78.2 Å². The largest absolute Gasteiger partial charge is 0.507 e. The van der Waals surface area contributed by atoms with Crippen molar-refractivity contribution in [3.8, 4) is 23.0 Å². The minimum Gasteiger partial charge on any atom is -0.507 e. The van der Waals surface area contributed by atoms with E-state index in [4.69, 9.17) is 18.9 Å². The van der Waals surface area contributed by atoms with Crippen molar-refractivity contribution in [2.75, 3.05) is 50.1 Å². The zero-order chi connectivity index (χ0) is 44.5. The van der Waals surface area contributed by atoms with Gasteiger partial charge in [0, 0.05) is 93.9 Å². The number of ether oxygens (including phenoxy) is 4. The van der Waals surface area contributed by atoms with E-state index in [0.29, 0.717) is 32.1 Å². The molecule has 2 aromatic carbocycles. The number of phenols is 3. The number of phenolic OH excluding ortho intramolecular Hbond substituents is 3. The molecule has 4 aliphatic rings. The first-order valence-electron chi connectivity index (χ1n) is 20.7. The summed E-state index contributed by atoms with van der Waals surface area (Å²) in [5.41, 5.74) is 0.0871. The molecule has 4 aliphatic heterocycles. The van der Waals surface area contributed by atoms with Crippen LogP contribution >= 0.6 is 0 Å². The van der Waals surface area contributed by atoms with Gasteiger partial charge in [0.15, 0.2) is 5.75 Å². The zero-order valence-corrected chi connectivity index (χ0v) is 36.6. The van der Waals surface area contributed by atoms with Crippen LogP contribution in [-0.2, 0) is 23.8 Å². The summed E-state index contributed by atoms with van der Waals surface area (Å²) >= 11 is 0. The molecule has 330 valence electrons. The van der Waals surface area contributed by atoms with Gasteiger partial charge in [0.2, 0.25) is 0 Å². The number of methoxy groups -OCH3 is 1. The van der Waals surface area contributed by atoms with Gasteiger partial charge in [0.1, 0.15) is 34.7 Å². The number of esters is 1. The summed E-state index contributed by atoms with van der Waals surface area (Å²) in [5, 5.41) is 61.4. The number of carbonyl (C=O) groups is 3. The number of carbonyl (C=O) groups excluding carboxylic acids is 3. The minimum atomic E-state index is -2.02. The Labute approximate surface area is 352 Å². The summed E-state index contributed by atoms with van der Waals surface area (Å²) in [4.78, 5) is 44.9. The molecule has 5 bridgehead atoms. The lowest BCUT2D eigenvalue weighted by Gasteiger charge is -2.38. The van der Waals surface area contributed by atoms with Crippen molar-refractivity contribution in [3.05, 3.63) is 47.3 Å². The summed E-state index contributed by atoms with van der Waals surface area (Å²) < 4.78 is 23.7. The number of Topliss-reactive ketones (excluding diaryl/α,β-unsaturated/α-hetero) is 1. The van der Waals surface area contributed by atoms with Crippen molar-refractivity contribution in [2.45, 2.75) is 99.4 Å². The molecule has 6 N–H and O–H groups in total. The molecule has 1 fully saturated rings. The maximum Gasteiger partial charge on any atom is 0.312 e. The number of rotatable bonds is 5. The summed E-state index contributed by atoms with van der Waals surface area (Å²) in [7, 11) is 1.45. The molecule has 1 amide bonds. The van der Waals surface area contributed by atoms with Crippen LogP contribution in [0, 0.1) is 36.5 Å². The van der Waals surface area contributed by atoms with Gasteiger partial charge < -0.3 is 54.7 Å². The van der Waals surface area contributed by atoms with Gasteiger partial charge in [-0.1, -0.05) is 59.8 Å². The lowest BCUT2D eigenvalue weighted by Crippen LogP contribution is -2.47. The van der Waals surface area contributed by atoms with E-state index in [1.807, 2.05) is 4.90 Å². The van der Waals surface area contributed by atoms with Gasteiger partial charge in [-0.25, -0.2) is 0 Å². The highest BCUT2D eigenvalue weighted by Crippen LogP contribution is 2.57. The van der Waals surface area contributed by atoms with Crippen LogP contribution in [0.4, 0.5) is 11.4 Å². The average Bonchev–Trinajstić information content (AvgIpc) is 3.46. The highest BCUT2D eigenvalue weighted by atomic mass is 16.7. The molecular weight excluding hydrogens is 775 g/mol. The van der Waals surface area contributed by atoms with E-state index in [2.05, 4.69) is 24.1 Å². The standard InChI is InChI=1S/C45H63N3O12/c1-22(2)21-47-16-18-48(19-17-47)35-34-39(53)32-31(40(35)54)33-42(28(8)38(32)52)60-45(10,43(33)55)58-20-15-30(57-11)25(5)41(59-29(9)49)27(7)37(51)26(6)36(50)23(3)13-12-14-24(4)44(56)46-34/h12-15,20,22-23,25-27,30,36-37,41,50-54H,16-19,21H2,1-11H3,(H,46,56)/b13-12-,20-15-,24-14-/t23-,25+,26+,27+,30-,36-,37+,41+,45-/m0/s1. The topological polar surface area (TPSA) is 208 Å². The fraction of sp³-hybridized carbons (Fsp3) is 0.578. The van der Waals surface area contributed by atoms with Crippen LogP contribution in [0.2, 0.25) is 0 Å². The second-order valence-corrected chi connectivity index (χ2v) is 17.2. The van der Waals surface area contributed by atoms with Crippen LogP contribution < -0.4 is 15.0 Å². The molecule has 1 saturated heterocycles. The summed E-state index contributed by atoms with van der Waals surface area (Å²) in [6.07, 6.45) is 3.73. The number of fused-ring (bicyclic) bond motifs is 14. The summed E-state index contributed by atoms with van der Waals surface area (Å²) in [6, 6.07) is 0. The van der Waals surface area contributed by atoms with Crippen molar-refractivity contribution < 1.29 is 58.9 Å². The van der Waals surface area contributed by atoms with Crippen LogP contribution in [0.25, 0.3) is 10.8 Å². The number of aliphatic hydroxyl groups excluding tert-OH is 2. The summed E-state index contributed by atoms with van der Waals surface area (Å²) in [6.45, 7) is 19.8. The van der Waals surface area contributed by atoms with Crippen molar-refractivity contribution in [3.63, 3.8) is 0 Å². The molecule has 2 aromatic rings. The number of hydrogen-bond acceptors (Lipinski definition) is 14. The molecule has 9 atom stereocenters. The third-order valence-electron chi connectivity index (χ3n) is 12.3. The van der Waals surface area contributed by atoms with Gasteiger partial charge >= 0.3 is 11.8 Å². The minimum absolute atomic E-state index is 0.0592. The molecule has 60 heavy (non-hydrogen) atoms. The molecule has 4 heterocycles. The smallest absolute Gasteiger partial charge is 0.312 e. The van der Waals surface area contributed by atoms with Gasteiger partial charge in [-0.05, 0) is 25.8 Å². The lowest BCUT2D eigenvalue weighted by atomic mass is 9.78. The van der Waals surface area contributed by atoms with E-state index in [1.165, 1.54) is 46.3 Å². The Morgan fingerprint density at radius 3 is 2.18 bits per heavy atom. The second kappa shape index (κ2) is 18.4. The number of anilines is 2. The molecule has 0 radical (unpaired) electrons. The first-order valence-corrected chi connectivity index (χ1v) is 20.7. The van der Waals surface area contributed by atoms with E-state index >= 15 is 0 Å². The van der Waals surface area contributed by atoms with Gasteiger partial charge in [0.25, 0.3) is 11.7 Å². The number of nitrogens with one attached hydrogen (secondary N) is 1. The molecule has 0 spiro atoms. The van der Waals surface area contributed by atoms with Crippen LogP contribution in [0.5, 0.6) is 23.0 Å². The Hall–Kier alpha value is -4.83. The van der Waals surface area contributed by atoms with Gasteiger partial charge in [-0.15, -0.1) is 0 Å². The van der Waals surface area contributed by atoms with E-state index < -0.39 is 88.8 Å². The molecule has 15 heteroatoms. The second-order valence-electron chi connectivity index (χ2n) is 17.2. The zero-order valence-electron chi connectivity index (χ0n) is 36.6. The molecule has 0 saturated carbocycles. The number of hydrogen-bond donors (Lipinski definition) is 6. The Balaban J connectivity index is 1.70. The van der Waals surface area contributed by atoms with Crippen molar-refractivity contribution in [1.29, 1.82) is 0 Å². The van der Waals surface area contributed by atoms with Crippen molar-refractivity contribution >= 4 is 39.8 Å². The number of allylic oxidation sites excluding steroid dienone is 2. The Morgan fingerprint density at radius 2 is 1.58 bits per heavy atom. The monoisotopic (exact) mass is 837 g/mol. The predicted octanol–water partition coefficient (Wildman–Crippen LogP) is 5.53. The first kappa shape index (κ1) is 46.2. The number of piperazine rings is 1. The fourth-order valence-electron chi connectivity index (χ4n) is 8.69. The van der Waals surface area contributed by atoms with Crippen LogP contribution in [-0.4, -0.2) is 118 Å². The molecular formula is C45H63N3O12. The van der Waals surface area contributed by atoms with Crippen molar-refractivity contribution in [2.24, 2.45) is 29.6 Å². The third-order valence-corrected chi connectivity index (χ3v) is 12.3. The fourth-order valence-corrected chi connectivity index (χ4v) is 8.69. The molecule has 0 unspecified atom stereocenters. The molecule has 0 aromatic heterocycles. The van der Waals surface area contributed by atoms with Gasteiger partial charge in [-0.2, -0.15) is 0 Å². The molecule has 0 aliphatic carbocycles. The number of aliphatic hydroxyl groups is 2. The predicted molar refractivity (Wildman–Crippen MR) is 227 cm³/mol. The van der Waals surface area contributed by atoms with Gasteiger partial charge in [0.05, 0.1) is 35.5 Å². The molecule has 6 rings (SSSR count). The Morgan fingerprint density at radius 1 is 0.933 bits per heavy atom. The Bertz CT molecular complexity index is 2050. The SMILES string of the molecule is CO[C@H]1/C=C\O[C@@]2(C)Oc3c(C)c(O)c4c(O)c(c(N5CCN(CC(C)C)CC5)c(O)c4c3C2=O)NC(=O)/C(C)=C\C=C/[C@H](C)[C@H](O)[C@@H](C)[C@@H](O)[C@@H](C)[C@H](OC(C)=O)[C@@H]1C. The summed E-state index contributed by atoms with van der Waals surface area (Å²) in [5.74, 6) is -7.50. The highest BCUT2D eigenvalue weighted by molar-refractivity contribution is 6.23. The number of nitrogens with zero attached hydrogens (tertiary/aromatic N) is 2. The average molecular weight is 838 g/mol. The highest BCUT2D eigenvalue weighted by Gasteiger charge is 2.50. The first-order chi connectivity index (χ1) is 28.1. The Kier molecular flexibility index (Phi) is 14.2. The normalized spacial score (nSPS) is 31.7.